The van der Waals surface area contributed by atoms with Gasteiger partial charge in [0.1, 0.15) is 37.0 Å². The lowest BCUT2D eigenvalue weighted by atomic mass is 9.95. The number of hydrogen-bond acceptors (Lipinski definition) is 18. The monoisotopic (exact) mass is 1000 g/mol. The van der Waals surface area contributed by atoms with E-state index in [2.05, 4.69) is 5.32 Å². The minimum atomic E-state index is -1.98. The summed E-state index contributed by atoms with van der Waals surface area (Å²) in [6.45, 7) is 2.18. The summed E-state index contributed by atoms with van der Waals surface area (Å²) in [5.41, 5.74) is -0.937. The van der Waals surface area contributed by atoms with Crippen LogP contribution in [0.1, 0.15) is 72.6 Å². The van der Waals surface area contributed by atoms with Crippen molar-refractivity contribution in [2.45, 2.75) is 81.3 Å². The van der Waals surface area contributed by atoms with E-state index >= 15 is 0 Å². The average Bonchev–Trinajstić information content (AvgIpc) is 3.39. The maximum Gasteiger partial charge on any atom is 0.338 e. The Balaban J connectivity index is 1.37. The largest absolute Gasteiger partial charge is 0.459 e. The van der Waals surface area contributed by atoms with Crippen molar-refractivity contribution in [1.29, 1.82) is 0 Å². The van der Waals surface area contributed by atoms with Crippen LogP contribution in [0.3, 0.4) is 0 Å². The van der Waals surface area contributed by atoms with Gasteiger partial charge in [0.25, 0.3) is 0 Å². The van der Waals surface area contributed by atoms with Crippen LogP contribution in [0.2, 0.25) is 0 Å². The fraction of sp³-hybridized carbons (Fsp3) is 0.283. The lowest BCUT2D eigenvalue weighted by Crippen LogP contribution is -2.68. The predicted octanol–water partition coefficient (Wildman–Crippen LogP) is 5.93. The summed E-state index contributed by atoms with van der Waals surface area (Å²) in [6.07, 6.45) is -13.8. The van der Waals surface area contributed by atoms with Crippen LogP contribution in [0.5, 0.6) is 0 Å². The molecular formula is C53H49NO17S. The minimum Gasteiger partial charge on any atom is -0.459 e. The van der Waals surface area contributed by atoms with Crippen molar-refractivity contribution < 1.29 is 81.0 Å². The molecule has 72 heavy (non-hydrogen) atoms. The van der Waals surface area contributed by atoms with E-state index in [1.54, 1.807) is 91.0 Å². The molecule has 0 aliphatic carbocycles. The summed E-state index contributed by atoms with van der Waals surface area (Å²) in [4.78, 5) is 108. The summed E-state index contributed by atoms with van der Waals surface area (Å²) in [5, 5.41) is 2.23. The molecule has 0 aromatic heterocycles. The highest BCUT2D eigenvalue weighted by molar-refractivity contribution is 8.14. The van der Waals surface area contributed by atoms with Crippen LogP contribution in [0, 0.1) is 0 Å². The van der Waals surface area contributed by atoms with Crippen molar-refractivity contribution in [2.75, 3.05) is 13.2 Å². The third kappa shape index (κ3) is 13.8. The van der Waals surface area contributed by atoms with Crippen molar-refractivity contribution in [3.05, 3.63) is 179 Å². The van der Waals surface area contributed by atoms with Gasteiger partial charge >= 0.3 is 35.8 Å². The molecule has 2 saturated heterocycles. The number of benzene rings is 5. The number of ether oxygens (including phenoxy) is 9. The lowest BCUT2D eigenvalue weighted by Gasteiger charge is -2.49. The quantitative estimate of drug-likeness (QED) is 0.0840. The highest BCUT2D eigenvalue weighted by atomic mass is 32.2. The zero-order valence-corrected chi connectivity index (χ0v) is 39.8. The molecular weight excluding hydrogens is 955 g/mol. The van der Waals surface area contributed by atoms with Gasteiger partial charge in [-0.3, -0.25) is 14.4 Å². The molecule has 7 rings (SSSR count). The van der Waals surface area contributed by atoms with Gasteiger partial charge in [0.2, 0.25) is 5.91 Å². The Hall–Kier alpha value is -7.71. The molecule has 0 radical (unpaired) electrons. The molecule has 5 aromatic carbocycles. The lowest BCUT2D eigenvalue weighted by molar-refractivity contribution is -0.327. The first-order chi connectivity index (χ1) is 34.7. The van der Waals surface area contributed by atoms with Crippen LogP contribution in [0.25, 0.3) is 0 Å². The second-order valence-corrected chi connectivity index (χ2v) is 17.5. The Kier molecular flexibility index (Phi) is 18.0. The van der Waals surface area contributed by atoms with E-state index in [-0.39, 0.29) is 27.8 Å². The Morgan fingerprint density at radius 3 is 1.19 bits per heavy atom. The van der Waals surface area contributed by atoms with Crippen molar-refractivity contribution >= 4 is 58.6 Å². The number of carbonyl (C=O) groups excluding carboxylic acids is 8. The summed E-state index contributed by atoms with van der Waals surface area (Å²) in [7, 11) is 0. The van der Waals surface area contributed by atoms with Gasteiger partial charge in [0, 0.05) is 20.8 Å². The Bertz CT molecular complexity index is 2680. The van der Waals surface area contributed by atoms with Crippen molar-refractivity contribution in [1.82, 2.24) is 5.32 Å². The topological polar surface area (TPSA) is 232 Å². The zero-order chi connectivity index (χ0) is 51.1. The molecule has 2 fully saturated rings. The highest BCUT2D eigenvalue weighted by Crippen LogP contribution is 2.38. The molecule has 0 bridgehead atoms. The zero-order valence-electron chi connectivity index (χ0n) is 39.0. The first kappa shape index (κ1) is 52.1. The molecule has 1 amide bonds. The molecule has 374 valence electrons. The van der Waals surface area contributed by atoms with E-state index in [4.69, 9.17) is 42.6 Å². The molecule has 2 aliphatic heterocycles. The Morgan fingerprint density at radius 2 is 0.806 bits per heavy atom. The minimum absolute atomic E-state index is 0.0133. The molecule has 5 aromatic rings. The maximum atomic E-state index is 14.3. The fourth-order valence-electron chi connectivity index (χ4n) is 7.79. The van der Waals surface area contributed by atoms with Crippen LogP contribution >= 0.6 is 11.8 Å². The van der Waals surface area contributed by atoms with Gasteiger partial charge in [-0.1, -0.05) is 103 Å². The van der Waals surface area contributed by atoms with Gasteiger partial charge in [0.15, 0.2) is 35.8 Å². The molecule has 2 heterocycles. The number of carbonyl (C=O) groups is 8. The van der Waals surface area contributed by atoms with E-state index in [9.17, 15) is 38.4 Å². The van der Waals surface area contributed by atoms with Crippen molar-refractivity contribution in [3.8, 4) is 0 Å². The summed E-state index contributed by atoms with van der Waals surface area (Å²) in [6, 6.07) is 37.6. The maximum absolute atomic E-state index is 14.3. The van der Waals surface area contributed by atoms with Gasteiger partial charge < -0.3 is 47.9 Å². The van der Waals surface area contributed by atoms with E-state index in [1.807, 2.05) is 0 Å². The first-order valence-corrected chi connectivity index (χ1v) is 23.4. The van der Waals surface area contributed by atoms with E-state index in [1.165, 1.54) is 74.5 Å². The van der Waals surface area contributed by atoms with E-state index < -0.39 is 121 Å². The van der Waals surface area contributed by atoms with Gasteiger partial charge in [0.05, 0.1) is 33.9 Å². The van der Waals surface area contributed by atoms with Crippen LogP contribution < -0.4 is 5.32 Å². The number of amides is 1. The number of esters is 6. The van der Waals surface area contributed by atoms with Crippen molar-refractivity contribution in [3.63, 3.8) is 0 Å². The number of rotatable bonds is 17. The Morgan fingerprint density at radius 1 is 0.444 bits per heavy atom. The van der Waals surface area contributed by atoms with Crippen LogP contribution in [0.15, 0.2) is 152 Å². The summed E-state index contributed by atoms with van der Waals surface area (Å²) in [5.74, 6) is -6.10. The molecule has 0 spiro atoms. The fourth-order valence-corrected chi connectivity index (χ4v) is 8.69. The number of nitrogens with one attached hydrogen (secondary N) is 1. The second-order valence-electron chi connectivity index (χ2n) is 16.2. The molecule has 2 aliphatic rings. The standard InChI is InChI=1S/C53H49NO17S/c1-31(55)54-41-44(42(65-32(2)56)40(67-53(41)72-33(3)57)30-64-48(59)35-21-11-5-12-22-35)71-52-46(70-51(62)38-27-17-8-18-28-38)45(69-50(61)37-25-15-7-16-26-37)43(68-49(60)36-23-13-6-14-24-36)39(66-52)29-63-47(58)34-19-9-4-10-20-34/h4-28,39-46,52-53H,29-30H2,1-3H3,(H,54,55). The Labute approximate surface area is 417 Å². The first-order valence-electron chi connectivity index (χ1n) is 22.6. The third-order valence-corrected chi connectivity index (χ3v) is 12.0. The number of thioether (sulfide) groups is 1. The molecule has 1 N–H and O–H groups in total. The summed E-state index contributed by atoms with van der Waals surface area (Å²) >= 11 is 0.629. The molecule has 10 unspecified atom stereocenters. The molecule has 10 atom stereocenters. The molecule has 18 nitrogen and oxygen atoms in total. The smallest absolute Gasteiger partial charge is 0.338 e. The second kappa shape index (κ2) is 24.9. The van der Waals surface area contributed by atoms with Crippen LogP contribution in [-0.2, 0) is 57.0 Å². The number of hydrogen-bond donors (Lipinski definition) is 1. The molecule has 0 saturated carbocycles. The van der Waals surface area contributed by atoms with Gasteiger partial charge in [-0.15, -0.1) is 0 Å². The highest BCUT2D eigenvalue weighted by Gasteiger charge is 2.58. The molecule has 19 heteroatoms. The average molecular weight is 1000 g/mol. The van der Waals surface area contributed by atoms with Gasteiger partial charge in [-0.2, -0.15) is 0 Å². The van der Waals surface area contributed by atoms with Crippen LogP contribution in [0.4, 0.5) is 0 Å². The summed E-state index contributed by atoms with van der Waals surface area (Å²) < 4.78 is 55.6. The van der Waals surface area contributed by atoms with Crippen molar-refractivity contribution in [2.24, 2.45) is 0 Å². The van der Waals surface area contributed by atoms with E-state index in [0.29, 0.717) is 11.8 Å². The van der Waals surface area contributed by atoms with Gasteiger partial charge in [-0.05, 0) is 60.7 Å². The van der Waals surface area contributed by atoms with E-state index in [0.717, 1.165) is 6.92 Å². The normalized spacial score (nSPS) is 23.5. The van der Waals surface area contributed by atoms with Gasteiger partial charge in [-0.25, -0.2) is 24.0 Å². The SMILES string of the molecule is CC(=O)NC1C(SC(C)=O)OC(COC(=O)c2ccccc2)C(OC(C)=O)C1OC1OC(COC(=O)c2ccccc2)C(OC(=O)c2ccccc2)C(OC(=O)c2ccccc2)C1OC(=O)c1ccccc1. The van der Waals surface area contributed by atoms with Crippen LogP contribution in [-0.4, -0.2) is 121 Å². The predicted molar refractivity (Wildman–Crippen MR) is 254 cm³/mol. The third-order valence-electron chi connectivity index (χ3n) is 11.0.